The van der Waals surface area contributed by atoms with Crippen LogP contribution in [0.5, 0.6) is 0 Å². The molecule has 0 bridgehead atoms. The van der Waals surface area contributed by atoms with Gasteiger partial charge in [0, 0.05) is 27.6 Å². The fraction of sp³-hybridized carbons (Fsp3) is 0.857. The first-order valence-electron chi connectivity index (χ1n) is 17.4. The number of allylic oxidation sites excluding steroid dienone is 1. The largest absolute Gasteiger partial charge is 0.469 e. The molecule has 0 amide bonds. The lowest BCUT2D eigenvalue weighted by atomic mass is 9.55. The quantitative estimate of drug-likeness (QED) is 0.319. The van der Waals surface area contributed by atoms with Gasteiger partial charge in [-0.1, -0.05) is 18.6 Å². The van der Waals surface area contributed by atoms with Crippen LogP contribution in [0.4, 0.5) is 0 Å². The maximum atomic E-state index is 13.6. The number of esters is 1. The molecule has 5 heterocycles. The molecule has 0 aromatic heterocycles. The lowest BCUT2D eigenvalue weighted by Gasteiger charge is -2.51. The van der Waals surface area contributed by atoms with E-state index in [-0.39, 0.29) is 41.3 Å². The molecule has 12 heteroatoms. The van der Waals surface area contributed by atoms with Gasteiger partial charge in [0.2, 0.25) is 5.79 Å². The van der Waals surface area contributed by atoms with Crippen LogP contribution < -0.4 is 0 Å². The molecule has 5 fully saturated rings. The van der Waals surface area contributed by atoms with Crippen molar-refractivity contribution >= 4 is 5.97 Å². The average Bonchev–Trinajstić information content (AvgIpc) is 3.56. The van der Waals surface area contributed by atoms with E-state index in [9.17, 15) is 15.0 Å². The van der Waals surface area contributed by atoms with Gasteiger partial charge in [0.25, 0.3) is 0 Å². The van der Waals surface area contributed by atoms with Gasteiger partial charge in [-0.15, -0.1) is 0 Å². The van der Waals surface area contributed by atoms with Crippen molar-refractivity contribution in [2.24, 2.45) is 23.2 Å². The average molecular weight is 665 g/mol. The number of aliphatic hydroxyl groups excluding tert-OH is 2. The van der Waals surface area contributed by atoms with Crippen LogP contribution in [0, 0.1) is 23.2 Å². The molecule has 12 nitrogen and oxygen atoms in total. The van der Waals surface area contributed by atoms with Crippen molar-refractivity contribution in [2.75, 3.05) is 20.8 Å². The molecule has 0 radical (unpaired) electrons. The lowest BCUT2D eigenvalue weighted by molar-refractivity contribution is -0.344. The fourth-order valence-electron chi connectivity index (χ4n) is 9.57. The first kappa shape index (κ1) is 33.9. The van der Waals surface area contributed by atoms with E-state index in [4.69, 9.17) is 42.6 Å². The molecule has 47 heavy (non-hydrogen) atoms. The first-order chi connectivity index (χ1) is 22.5. The smallest absolute Gasteiger partial charge is 0.309 e. The van der Waals surface area contributed by atoms with Crippen LogP contribution in [0.2, 0.25) is 0 Å². The Kier molecular flexibility index (Phi) is 9.32. The number of hydrogen-bond donors (Lipinski definition) is 2. The van der Waals surface area contributed by atoms with E-state index in [1.54, 1.807) is 14.0 Å². The Bertz CT molecular complexity index is 1240. The summed E-state index contributed by atoms with van der Waals surface area (Å²) in [6.07, 6.45) is 2.49. The Morgan fingerprint density at radius 2 is 1.79 bits per heavy atom. The Morgan fingerprint density at radius 3 is 2.55 bits per heavy atom. The van der Waals surface area contributed by atoms with E-state index in [0.29, 0.717) is 25.9 Å². The molecule has 264 valence electrons. The van der Waals surface area contributed by atoms with Crippen molar-refractivity contribution in [3.8, 4) is 0 Å². The summed E-state index contributed by atoms with van der Waals surface area (Å²) >= 11 is 0. The topological polar surface area (TPSA) is 141 Å². The number of rotatable bonds is 6. The molecule has 0 aromatic carbocycles. The fourth-order valence-corrected chi connectivity index (χ4v) is 9.57. The van der Waals surface area contributed by atoms with Gasteiger partial charge in [-0.3, -0.25) is 4.79 Å². The van der Waals surface area contributed by atoms with Crippen molar-refractivity contribution in [2.45, 2.75) is 146 Å². The SMILES string of the molecule is CO[C@@H]1[C@@H](O)[C@H](O[C@H]2CC[C@@]3(C)C(=CC[C@H]4C(=O)O[C@@H]5CO[C@]6(C)OC=C(CC[C@@H]43)[C@H]56)C2)O[C@H](C)[C@H]1O[C@H]1C[C@H](OC)[C@@H](O)[C@H](C)O1. The zero-order chi connectivity index (χ0) is 33.2. The second-order valence-electron chi connectivity index (χ2n) is 15.0. The molecule has 7 aliphatic rings. The molecular weight excluding hydrogens is 612 g/mol. The van der Waals surface area contributed by atoms with Crippen molar-refractivity contribution in [3.63, 3.8) is 0 Å². The summed E-state index contributed by atoms with van der Waals surface area (Å²) < 4.78 is 54.2. The number of carbonyl (C=O) groups excluding carboxylic acids is 1. The number of hydrogen-bond acceptors (Lipinski definition) is 12. The normalized spacial score (nSPS) is 51.2. The highest BCUT2D eigenvalue weighted by Gasteiger charge is 2.58. The molecule has 7 rings (SSSR count). The molecule has 4 saturated heterocycles. The van der Waals surface area contributed by atoms with Gasteiger partial charge in [-0.2, -0.15) is 0 Å². The Morgan fingerprint density at radius 1 is 0.979 bits per heavy atom. The second kappa shape index (κ2) is 12.9. The van der Waals surface area contributed by atoms with Crippen LogP contribution in [0.15, 0.2) is 23.5 Å². The third kappa shape index (κ3) is 5.89. The summed E-state index contributed by atoms with van der Waals surface area (Å²) in [5.41, 5.74) is 2.31. The van der Waals surface area contributed by atoms with Gasteiger partial charge in [-0.25, -0.2) is 0 Å². The maximum absolute atomic E-state index is 13.6. The zero-order valence-electron chi connectivity index (χ0n) is 28.4. The first-order valence-corrected chi connectivity index (χ1v) is 17.4. The maximum Gasteiger partial charge on any atom is 0.309 e. The minimum atomic E-state index is -1.09. The van der Waals surface area contributed by atoms with Crippen molar-refractivity contribution in [3.05, 3.63) is 23.5 Å². The molecule has 16 atom stereocenters. The van der Waals surface area contributed by atoms with E-state index in [0.717, 1.165) is 25.7 Å². The highest BCUT2D eigenvalue weighted by Crippen LogP contribution is 2.57. The van der Waals surface area contributed by atoms with Gasteiger partial charge in [-0.05, 0) is 69.3 Å². The highest BCUT2D eigenvalue weighted by molar-refractivity contribution is 5.74. The molecule has 0 spiro atoms. The van der Waals surface area contributed by atoms with E-state index in [1.807, 2.05) is 20.1 Å². The third-order valence-electron chi connectivity index (χ3n) is 12.3. The highest BCUT2D eigenvalue weighted by atomic mass is 16.7. The third-order valence-corrected chi connectivity index (χ3v) is 12.3. The van der Waals surface area contributed by atoms with Crippen LogP contribution in [0.3, 0.4) is 0 Å². The van der Waals surface area contributed by atoms with Crippen LogP contribution in [-0.4, -0.2) is 110 Å². The zero-order valence-corrected chi connectivity index (χ0v) is 28.4. The van der Waals surface area contributed by atoms with E-state index in [2.05, 4.69) is 13.0 Å². The second-order valence-corrected chi connectivity index (χ2v) is 15.0. The molecule has 1 saturated carbocycles. The summed E-state index contributed by atoms with van der Waals surface area (Å²) in [7, 11) is 3.09. The van der Waals surface area contributed by atoms with E-state index >= 15 is 0 Å². The van der Waals surface area contributed by atoms with Crippen LogP contribution in [0.25, 0.3) is 0 Å². The van der Waals surface area contributed by atoms with Crippen LogP contribution in [-0.2, 0) is 47.4 Å². The van der Waals surface area contributed by atoms with E-state index in [1.165, 1.54) is 18.3 Å². The standard InChI is InChI=1S/C35H52O12/c1-17-28(36)24(39-5)14-26(43-17)47-30-18(2)44-33(29(37)31(30)40-6)45-21-11-12-34(3)20(13-21)8-9-22-23(34)10-7-19-15-41-35(4)27(19)25(16-42-35)46-32(22)38/h8,15,17-18,21-31,33,36-37H,7,9-14,16H2,1-6H3/t17-,18+,21-,22+,23-,24-,25+,26-,27+,28-,29+,30+,31+,33-,34-,35-/m0/s1. The summed E-state index contributed by atoms with van der Waals surface area (Å²) in [5.74, 6) is -1.01. The summed E-state index contributed by atoms with van der Waals surface area (Å²) in [6, 6.07) is 0. The van der Waals surface area contributed by atoms with Gasteiger partial charge >= 0.3 is 5.97 Å². The molecule has 2 aliphatic carbocycles. The Hall–Kier alpha value is -1.61. The number of fused-ring (bicyclic) bond motifs is 3. The number of ether oxygens (including phenoxy) is 9. The molecule has 0 aromatic rings. The van der Waals surface area contributed by atoms with E-state index < -0.39 is 61.1 Å². The van der Waals surface area contributed by atoms with Crippen LogP contribution >= 0.6 is 0 Å². The van der Waals surface area contributed by atoms with Gasteiger partial charge in [0.05, 0.1) is 49.1 Å². The minimum Gasteiger partial charge on any atom is -0.469 e. The molecule has 2 N–H and O–H groups in total. The monoisotopic (exact) mass is 664 g/mol. The lowest BCUT2D eigenvalue weighted by Crippen LogP contribution is -2.61. The number of aliphatic hydroxyl groups is 2. The van der Waals surface area contributed by atoms with Crippen molar-refractivity contribution in [1.82, 2.24) is 0 Å². The number of methoxy groups -OCH3 is 2. The minimum absolute atomic E-state index is 0.0601. The van der Waals surface area contributed by atoms with Crippen LogP contribution in [0.1, 0.15) is 72.6 Å². The predicted octanol–water partition coefficient (Wildman–Crippen LogP) is 3.12. The Labute approximate surface area is 276 Å². The van der Waals surface area contributed by atoms with Gasteiger partial charge < -0.3 is 52.8 Å². The molecule has 0 unspecified atom stereocenters. The van der Waals surface area contributed by atoms with Crippen molar-refractivity contribution in [1.29, 1.82) is 0 Å². The number of carbonyl (C=O) groups is 1. The molecular formula is C35H52O12. The Balaban J connectivity index is 1.01. The predicted molar refractivity (Wildman–Crippen MR) is 164 cm³/mol. The summed E-state index contributed by atoms with van der Waals surface area (Å²) in [4.78, 5) is 13.6. The summed E-state index contributed by atoms with van der Waals surface area (Å²) in [6.45, 7) is 8.24. The van der Waals surface area contributed by atoms with Gasteiger partial charge in [0.15, 0.2) is 12.6 Å². The van der Waals surface area contributed by atoms with Gasteiger partial charge in [0.1, 0.15) is 30.5 Å². The molecule has 5 aliphatic heterocycles. The summed E-state index contributed by atoms with van der Waals surface area (Å²) in [5, 5.41) is 21.8. The van der Waals surface area contributed by atoms with Crippen molar-refractivity contribution < 1.29 is 57.6 Å².